The highest BCUT2D eigenvalue weighted by molar-refractivity contribution is 6.01. The lowest BCUT2D eigenvalue weighted by Gasteiger charge is -2.19. The van der Waals surface area contributed by atoms with Crippen molar-refractivity contribution in [1.82, 2.24) is 15.1 Å². The highest BCUT2D eigenvalue weighted by Gasteiger charge is 2.17. The van der Waals surface area contributed by atoms with Crippen molar-refractivity contribution in [1.29, 1.82) is 0 Å². The Labute approximate surface area is 121 Å². The van der Waals surface area contributed by atoms with Crippen molar-refractivity contribution in [3.63, 3.8) is 0 Å². The van der Waals surface area contributed by atoms with Crippen LogP contribution in [0.3, 0.4) is 0 Å². The molecule has 0 unspecified atom stereocenters. The topological polar surface area (TPSA) is 87.5 Å². The van der Waals surface area contributed by atoms with E-state index in [0.717, 1.165) is 5.69 Å². The summed E-state index contributed by atoms with van der Waals surface area (Å²) in [6.07, 6.45) is 1.78. The first-order chi connectivity index (χ1) is 9.99. The molecule has 2 aromatic rings. The van der Waals surface area contributed by atoms with Gasteiger partial charge in [-0.3, -0.25) is 9.58 Å². The SMILES string of the molecule is CN(C(=O)NCc1ccn(C)n1)c1ccccc1C(=O)O. The summed E-state index contributed by atoms with van der Waals surface area (Å²) >= 11 is 0. The molecule has 2 N–H and O–H groups in total. The van der Waals surface area contributed by atoms with Crippen molar-refractivity contribution in [2.24, 2.45) is 7.05 Å². The lowest BCUT2D eigenvalue weighted by molar-refractivity contribution is 0.0697. The molecule has 0 saturated heterocycles. The molecule has 0 radical (unpaired) electrons. The molecule has 2 rings (SSSR count). The van der Waals surface area contributed by atoms with Crippen LogP contribution in [0, 0.1) is 0 Å². The maximum Gasteiger partial charge on any atom is 0.337 e. The van der Waals surface area contributed by atoms with E-state index in [4.69, 9.17) is 5.11 Å². The van der Waals surface area contributed by atoms with E-state index in [1.54, 1.807) is 42.2 Å². The molecule has 2 amide bonds. The van der Waals surface area contributed by atoms with Crippen molar-refractivity contribution < 1.29 is 14.7 Å². The Morgan fingerprint density at radius 1 is 1.33 bits per heavy atom. The Morgan fingerprint density at radius 2 is 2.05 bits per heavy atom. The van der Waals surface area contributed by atoms with Crippen LogP contribution >= 0.6 is 0 Å². The van der Waals surface area contributed by atoms with Crippen molar-refractivity contribution in [3.05, 3.63) is 47.8 Å². The Hall–Kier alpha value is -2.83. The summed E-state index contributed by atoms with van der Waals surface area (Å²) in [6.45, 7) is 0.277. The first-order valence-corrected chi connectivity index (χ1v) is 6.31. The fraction of sp³-hybridized carbons (Fsp3) is 0.214. The Balaban J connectivity index is 2.07. The predicted octanol–water partition coefficient (Wildman–Crippen LogP) is 1.46. The number of nitrogens with one attached hydrogen (secondary N) is 1. The molecule has 21 heavy (non-hydrogen) atoms. The number of urea groups is 1. The average Bonchev–Trinajstić information content (AvgIpc) is 2.89. The van der Waals surface area contributed by atoms with Gasteiger partial charge in [0.15, 0.2) is 0 Å². The number of nitrogens with zero attached hydrogens (tertiary/aromatic N) is 3. The zero-order chi connectivity index (χ0) is 15.4. The van der Waals surface area contributed by atoms with Gasteiger partial charge in [-0.2, -0.15) is 5.10 Å². The van der Waals surface area contributed by atoms with Crippen LogP contribution in [0.1, 0.15) is 16.1 Å². The number of aromatic carboxylic acids is 1. The van der Waals surface area contributed by atoms with Crippen LogP contribution in [0.15, 0.2) is 36.5 Å². The minimum absolute atomic E-state index is 0.0768. The molecule has 7 nitrogen and oxygen atoms in total. The van der Waals surface area contributed by atoms with Gasteiger partial charge < -0.3 is 10.4 Å². The molecule has 0 saturated carbocycles. The average molecular weight is 288 g/mol. The highest BCUT2D eigenvalue weighted by atomic mass is 16.4. The predicted molar refractivity (Wildman–Crippen MR) is 77.2 cm³/mol. The number of hydrogen-bond donors (Lipinski definition) is 2. The smallest absolute Gasteiger partial charge is 0.337 e. The van der Waals surface area contributed by atoms with E-state index in [-0.39, 0.29) is 12.1 Å². The van der Waals surface area contributed by atoms with Gasteiger partial charge in [-0.05, 0) is 18.2 Å². The van der Waals surface area contributed by atoms with Crippen LogP contribution in [0.25, 0.3) is 0 Å². The van der Waals surface area contributed by atoms with Crippen molar-refractivity contribution >= 4 is 17.7 Å². The summed E-state index contributed by atoms with van der Waals surface area (Å²) in [6, 6.07) is 7.75. The minimum atomic E-state index is -1.07. The number of rotatable bonds is 4. The quantitative estimate of drug-likeness (QED) is 0.891. The van der Waals surface area contributed by atoms with Gasteiger partial charge in [0.25, 0.3) is 0 Å². The first kappa shape index (κ1) is 14.6. The number of hydrogen-bond acceptors (Lipinski definition) is 3. The largest absolute Gasteiger partial charge is 0.478 e. The standard InChI is InChI=1S/C14H16N4O3/c1-17-8-7-10(16-17)9-15-14(21)18(2)12-6-4-3-5-11(12)13(19)20/h3-8H,9H2,1-2H3,(H,15,21)(H,19,20). The third-order valence-electron chi connectivity index (χ3n) is 2.99. The summed E-state index contributed by atoms with van der Waals surface area (Å²) in [5.74, 6) is -1.07. The van der Waals surface area contributed by atoms with Crippen LogP contribution < -0.4 is 10.2 Å². The fourth-order valence-corrected chi connectivity index (χ4v) is 1.90. The van der Waals surface area contributed by atoms with Crippen molar-refractivity contribution in [2.45, 2.75) is 6.54 Å². The number of amides is 2. The van der Waals surface area contributed by atoms with E-state index >= 15 is 0 Å². The van der Waals surface area contributed by atoms with Gasteiger partial charge in [-0.15, -0.1) is 0 Å². The lowest BCUT2D eigenvalue weighted by atomic mass is 10.1. The van der Waals surface area contributed by atoms with Crippen LogP contribution in [-0.2, 0) is 13.6 Å². The number of carboxylic acids is 1. The van der Waals surface area contributed by atoms with E-state index in [2.05, 4.69) is 10.4 Å². The van der Waals surface area contributed by atoms with Gasteiger partial charge in [0, 0.05) is 20.3 Å². The second-order valence-electron chi connectivity index (χ2n) is 4.52. The zero-order valence-corrected chi connectivity index (χ0v) is 11.8. The molecule has 0 spiro atoms. The summed E-state index contributed by atoms with van der Waals surface area (Å²) < 4.78 is 1.64. The van der Waals surface area contributed by atoms with E-state index < -0.39 is 12.0 Å². The molecule has 0 fully saturated rings. The molecular weight excluding hydrogens is 272 g/mol. The molecule has 0 aliphatic rings. The van der Waals surface area contributed by atoms with Crippen LogP contribution in [-0.4, -0.2) is 33.9 Å². The molecule has 0 atom stereocenters. The summed E-state index contributed by atoms with van der Waals surface area (Å²) in [5, 5.41) is 16.0. The van der Waals surface area contributed by atoms with Crippen LogP contribution in [0.5, 0.6) is 0 Å². The Kier molecular flexibility index (Phi) is 4.22. The third kappa shape index (κ3) is 3.38. The molecule has 0 aliphatic heterocycles. The molecule has 0 aliphatic carbocycles. The van der Waals surface area contributed by atoms with E-state index in [0.29, 0.717) is 5.69 Å². The van der Waals surface area contributed by atoms with E-state index in [9.17, 15) is 9.59 Å². The normalized spacial score (nSPS) is 10.2. The number of carbonyl (C=O) groups is 2. The van der Waals surface area contributed by atoms with Crippen molar-refractivity contribution in [3.8, 4) is 0 Å². The Bertz CT molecular complexity index is 666. The second kappa shape index (κ2) is 6.08. The molecule has 0 bridgehead atoms. The van der Waals surface area contributed by atoms with Gasteiger partial charge in [0.05, 0.1) is 23.5 Å². The second-order valence-corrected chi connectivity index (χ2v) is 4.52. The maximum atomic E-state index is 12.1. The molecule has 7 heteroatoms. The van der Waals surface area contributed by atoms with Gasteiger partial charge >= 0.3 is 12.0 Å². The number of carbonyl (C=O) groups excluding carboxylic acids is 1. The summed E-state index contributed by atoms with van der Waals surface area (Å²) in [5.41, 5.74) is 1.14. The molecular formula is C14H16N4O3. The maximum absolute atomic E-state index is 12.1. The monoisotopic (exact) mass is 288 g/mol. The van der Waals surface area contributed by atoms with Gasteiger partial charge in [-0.1, -0.05) is 12.1 Å². The zero-order valence-electron chi connectivity index (χ0n) is 11.8. The summed E-state index contributed by atoms with van der Waals surface area (Å²) in [4.78, 5) is 24.5. The fourth-order valence-electron chi connectivity index (χ4n) is 1.90. The number of benzene rings is 1. The number of aryl methyl sites for hydroxylation is 1. The van der Waals surface area contributed by atoms with Gasteiger partial charge in [0.2, 0.25) is 0 Å². The number of aromatic nitrogens is 2. The number of para-hydroxylation sites is 1. The van der Waals surface area contributed by atoms with Crippen LogP contribution in [0.4, 0.5) is 10.5 Å². The number of anilines is 1. The van der Waals surface area contributed by atoms with Gasteiger partial charge in [-0.25, -0.2) is 9.59 Å². The molecule has 1 aromatic heterocycles. The summed E-state index contributed by atoms with van der Waals surface area (Å²) in [7, 11) is 3.32. The number of carboxylic acid groups (broad SMARTS) is 1. The van der Waals surface area contributed by atoms with Crippen LogP contribution in [0.2, 0.25) is 0 Å². The molecule has 1 aromatic carbocycles. The first-order valence-electron chi connectivity index (χ1n) is 6.31. The van der Waals surface area contributed by atoms with E-state index in [1.807, 2.05) is 0 Å². The minimum Gasteiger partial charge on any atom is -0.478 e. The van der Waals surface area contributed by atoms with Gasteiger partial charge in [0.1, 0.15) is 0 Å². The third-order valence-corrected chi connectivity index (χ3v) is 2.99. The lowest BCUT2D eigenvalue weighted by Crippen LogP contribution is -2.37. The Morgan fingerprint density at radius 3 is 2.67 bits per heavy atom. The van der Waals surface area contributed by atoms with Crippen molar-refractivity contribution in [2.75, 3.05) is 11.9 Å². The molecule has 1 heterocycles. The van der Waals surface area contributed by atoms with E-state index in [1.165, 1.54) is 18.0 Å². The highest BCUT2D eigenvalue weighted by Crippen LogP contribution is 2.19. The molecule has 110 valence electrons.